The van der Waals surface area contributed by atoms with Crippen LogP contribution in [-0.2, 0) is 6.61 Å². The first-order chi connectivity index (χ1) is 8.70. The van der Waals surface area contributed by atoms with Gasteiger partial charge >= 0.3 is 0 Å². The summed E-state index contributed by atoms with van der Waals surface area (Å²) in [5.74, 6) is 5.89. The van der Waals surface area contributed by atoms with E-state index in [1.807, 2.05) is 30.3 Å². The van der Waals surface area contributed by atoms with Crippen molar-refractivity contribution < 1.29 is 4.74 Å². The van der Waals surface area contributed by atoms with Crippen molar-refractivity contribution in [3.8, 4) is 5.88 Å². The minimum Gasteiger partial charge on any atom is -0.472 e. The predicted molar refractivity (Wildman–Crippen MR) is 72.8 cm³/mol. The summed E-state index contributed by atoms with van der Waals surface area (Å²) in [6.45, 7) is 0.374. The molecular formula is C12H11Cl2N3O. The number of hydrogen-bond acceptors (Lipinski definition) is 4. The third-order valence-corrected chi connectivity index (χ3v) is 2.81. The van der Waals surface area contributed by atoms with Crippen LogP contribution in [0.1, 0.15) is 5.56 Å². The number of benzene rings is 1. The molecule has 0 saturated heterocycles. The molecule has 3 N–H and O–H groups in total. The summed E-state index contributed by atoms with van der Waals surface area (Å²) in [4.78, 5) is 4.08. The monoisotopic (exact) mass is 283 g/mol. The summed E-state index contributed by atoms with van der Waals surface area (Å²) in [6.07, 6.45) is 0. The van der Waals surface area contributed by atoms with Crippen LogP contribution in [0.15, 0.2) is 36.4 Å². The lowest BCUT2D eigenvalue weighted by atomic mass is 10.2. The van der Waals surface area contributed by atoms with Gasteiger partial charge in [0.2, 0.25) is 5.88 Å². The van der Waals surface area contributed by atoms with Crippen LogP contribution in [0.5, 0.6) is 5.88 Å². The minimum absolute atomic E-state index is 0.290. The number of hydrogen-bond donors (Lipinski definition) is 2. The van der Waals surface area contributed by atoms with Crippen molar-refractivity contribution in [3.05, 3.63) is 52.0 Å². The van der Waals surface area contributed by atoms with Crippen LogP contribution in [0.4, 0.5) is 5.82 Å². The summed E-state index contributed by atoms with van der Waals surface area (Å²) in [5.41, 5.74) is 3.40. The lowest BCUT2D eigenvalue weighted by Gasteiger charge is -2.10. The Balaban J connectivity index is 2.14. The average molecular weight is 284 g/mol. The first-order valence-corrected chi connectivity index (χ1v) is 5.95. The zero-order valence-corrected chi connectivity index (χ0v) is 10.9. The number of ether oxygens (including phenoxy) is 1. The van der Waals surface area contributed by atoms with E-state index in [1.165, 1.54) is 6.07 Å². The molecule has 0 fully saturated rings. The van der Waals surface area contributed by atoms with Gasteiger partial charge in [-0.3, -0.25) is 0 Å². The molecule has 18 heavy (non-hydrogen) atoms. The number of nitrogens with one attached hydrogen (secondary N) is 1. The summed E-state index contributed by atoms with van der Waals surface area (Å²) in [7, 11) is 0. The Kier molecular flexibility index (Phi) is 4.25. The van der Waals surface area contributed by atoms with Gasteiger partial charge in [-0.2, -0.15) is 4.98 Å². The van der Waals surface area contributed by atoms with Gasteiger partial charge < -0.3 is 10.2 Å². The van der Waals surface area contributed by atoms with Gasteiger partial charge in [-0.1, -0.05) is 53.5 Å². The molecule has 0 amide bonds. The van der Waals surface area contributed by atoms with Crippen LogP contribution in [0.2, 0.25) is 10.0 Å². The smallest absolute Gasteiger partial charge is 0.235 e. The van der Waals surface area contributed by atoms with E-state index in [2.05, 4.69) is 10.4 Å². The van der Waals surface area contributed by atoms with Gasteiger partial charge in [0.1, 0.15) is 11.6 Å². The van der Waals surface area contributed by atoms with Crippen LogP contribution in [0.25, 0.3) is 0 Å². The largest absolute Gasteiger partial charge is 0.472 e. The highest BCUT2D eigenvalue weighted by molar-refractivity contribution is 6.36. The number of nitrogens with two attached hydrogens (primary N) is 1. The number of rotatable bonds is 4. The first-order valence-electron chi connectivity index (χ1n) is 5.20. The topological polar surface area (TPSA) is 60.2 Å². The van der Waals surface area contributed by atoms with Crippen molar-refractivity contribution in [2.24, 2.45) is 5.84 Å². The van der Waals surface area contributed by atoms with Crippen molar-refractivity contribution >= 4 is 29.0 Å². The molecule has 0 unspecified atom stereocenters. The molecule has 2 rings (SSSR count). The number of nitrogens with zero attached hydrogens (tertiary/aromatic N) is 1. The zero-order chi connectivity index (χ0) is 13.0. The minimum atomic E-state index is 0.290. The maximum absolute atomic E-state index is 5.98. The number of nitrogen functional groups attached to an aromatic ring is 1. The number of hydrazine groups is 1. The second kappa shape index (κ2) is 5.91. The molecule has 0 aliphatic rings. The Morgan fingerprint density at radius 3 is 2.56 bits per heavy atom. The van der Waals surface area contributed by atoms with E-state index in [0.717, 1.165) is 5.56 Å². The number of pyridine rings is 1. The van der Waals surface area contributed by atoms with Gasteiger partial charge in [0.05, 0.1) is 5.02 Å². The Bertz CT molecular complexity index is 534. The summed E-state index contributed by atoms with van der Waals surface area (Å²) >= 11 is 11.9. The van der Waals surface area contributed by atoms with Crippen LogP contribution in [0.3, 0.4) is 0 Å². The van der Waals surface area contributed by atoms with Crippen molar-refractivity contribution in [1.82, 2.24) is 4.98 Å². The normalized spacial score (nSPS) is 10.2. The van der Waals surface area contributed by atoms with Gasteiger partial charge in [0, 0.05) is 0 Å². The van der Waals surface area contributed by atoms with E-state index in [4.69, 9.17) is 33.8 Å². The van der Waals surface area contributed by atoms with Gasteiger partial charge in [-0.25, -0.2) is 5.84 Å². The Hall–Kier alpha value is -1.49. The van der Waals surface area contributed by atoms with Gasteiger partial charge in [-0.05, 0) is 11.6 Å². The molecule has 0 aliphatic carbocycles. The molecule has 4 nitrogen and oxygen atoms in total. The van der Waals surface area contributed by atoms with Gasteiger partial charge in [0.25, 0.3) is 0 Å². The molecule has 1 heterocycles. The highest BCUT2D eigenvalue weighted by Crippen LogP contribution is 2.30. The summed E-state index contributed by atoms with van der Waals surface area (Å²) in [5, 5.41) is 0.685. The molecule has 0 atom stereocenters. The van der Waals surface area contributed by atoms with E-state index in [9.17, 15) is 0 Å². The molecular weight excluding hydrogens is 273 g/mol. The second-order valence-corrected chi connectivity index (χ2v) is 4.34. The maximum atomic E-state index is 5.98. The average Bonchev–Trinajstić information content (AvgIpc) is 2.39. The van der Waals surface area contributed by atoms with E-state index < -0.39 is 0 Å². The molecule has 94 valence electrons. The fourth-order valence-corrected chi connectivity index (χ4v) is 1.85. The zero-order valence-electron chi connectivity index (χ0n) is 9.36. The lowest BCUT2D eigenvalue weighted by molar-refractivity contribution is 0.294. The Labute approximate surface area is 115 Å². The molecule has 0 bridgehead atoms. The number of anilines is 1. The standard InChI is InChI=1S/C12H11Cl2N3O/c13-9-6-10(14)12(16-11(9)17-15)18-7-8-4-2-1-3-5-8/h1-6H,7,15H2,(H,16,17). The fourth-order valence-electron chi connectivity index (χ4n) is 1.38. The van der Waals surface area contributed by atoms with Gasteiger partial charge in [-0.15, -0.1) is 0 Å². The lowest BCUT2D eigenvalue weighted by Crippen LogP contribution is -2.10. The molecule has 0 saturated carbocycles. The molecule has 0 spiro atoms. The molecule has 1 aromatic carbocycles. The van der Waals surface area contributed by atoms with Crippen LogP contribution in [-0.4, -0.2) is 4.98 Å². The first kappa shape index (κ1) is 13.0. The Morgan fingerprint density at radius 1 is 1.17 bits per heavy atom. The van der Waals surface area contributed by atoms with E-state index >= 15 is 0 Å². The van der Waals surface area contributed by atoms with Crippen molar-refractivity contribution in [3.63, 3.8) is 0 Å². The fraction of sp³-hybridized carbons (Fsp3) is 0.0833. The SMILES string of the molecule is NNc1nc(OCc2ccccc2)c(Cl)cc1Cl. The van der Waals surface area contributed by atoms with Crippen LogP contribution in [0, 0.1) is 0 Å². The number of halogens is 2. The van der Waals surface area contributed by atoms with Crippen LogP contribution < -0.4 is 16.0 Å². The second-order valence-electron chi connectivity index (χ2n) is 3.52. The number of aromatic nitrogens is 1. The predicted octanol–water partition coefficient (Wildman–Crippen LogP) is 3.25. The quantitative estimate of drug-likeness (QED) is 0.668. The van der Waals surface area contributed by atoms with Gasteiger partial charge in [0.15, 0.2) is 5.82 Å². The maximum Gasteiger partial charge on any atom is 0.235 e. The van der Waals surface area contributed by atoms with Crippen LogP contribution >= 0.6 is 23.2 Å². The van der Waals surface area contributed by atoms with E-state index in [-0.39, 0.29) is 5.88 Å². The highest BCUT2D eigenvalue weighted by Gasteiger charge is 2.09. The van der Waals surface area contributed by atoms with Crippen molar-refractivity contribution in [2.75, 3.05) is 5.43 Å². The molecule has 0 radical (unpaired) electrons. The summed E-state index contributed by atoms with van der Waals surface area (Å²) in [6, 6.07) is 11.2. The third-order valence-electron chi connectivity index (χ3n) is 2.25. The Morgan fingerprint density at radius 2 is 1.89 bits per heavy atom. The van der Waals surface area contributed by atoms with E-state index in [0.29, 0.717) is 22.5 Å². The molecule has 1 aromatic heterocycles. The van der Waals surface area contributed by atoms with Crippen molar-refractivity contribution in [2.45, 2.75) is 6.61 Å². The third kappa shape index (κ3) is 3.04. The molecule has 6 heteroatoms. The van der Waals surface area contributed by atoms with E-state index in [1.54, 1.807) is 0 Å². The molecule has 2 aromatic rings. The summed E-state index contributed by atoms with van der Waals surface area (Å²) < 4.78 is 5.52. The molecule has 0 aliphatic heterocycles. The van der Waals surface area contributed by atoms with Crippen molar-refractivity contribution in [1.29, 1.82) is 0 Å². The highest BCUT2D eigenvalue weighted by atomic mass is 35.5.